The Morgan fingerprint density at radius 2 is 2.10 bits per heavy atom. The molecule has 7 heteroatoms. The van der Waals surface area contributed by atoms with Crippen LogP contribution < -0.4 is 10.6 Å². The Balaban J connectivity index is 0.00000200. The molecule has 6 nitrogen and oxygen atoms in total. The van der Waals surface area contributed by atoms with Gasteiger partial charge >= 0.3 is 0 Å². The van der Waals surface area contributed by atoms with E-state index in [1.54, 1.807) is 0 Å². The fourth-order valence-electron chi connectivity index (χ4n) is 2.33. The molecule has 0 atom stereocenters. The lowest BCUT2D eigenvalue weighted by Crippen LogP contribution is -2.31. The fraction of sp³-hybridized carbons (Fsp3) is 0.769. The first-order valence-electron chi connectivity index (χ1n) is 7.00. The second kappa shape index (κ2) is 7.59. The van der Waals surface area contributed by atoms with Crippen LogP contribution in [0, 0.1) is 12.8 Å². The van der Waals surface area contributed by atoms with Gasteiger partial charge in [-0.15, -0.1) is 17.5 Å². The Morgan fingerprint density at radius 3 is 2.70 bits per heavy atom. The molecular formula is C13H24ClN5O. The van der Waals surface area contributed by atoms with E-state index in [1.807, 2.05) is 11.6 Å². The van der Waals surface area contributed by atoms with Crippen LogP contribution in [-0.2, 0) is 0 Å². The van der Waals surface area contributed by atoms with Crippen LogP contribution in [-0.4, -0.2) is 40.5 Å². The maximum atomic E-state index is 12.0. The van der Waals surface area contributed by atoms with Crippen molar-refractivity contribution in [3.05, 3.63) is 11.4 Å². The Labute approximate surface area is 126 Å². The molecule has 0 radical (unpaired) electrons. The molecule has 1 saturated heterocycles. The molecule has 20 heavy (non-hydrogen) atoms. The summed E-state index contributed by atoms with van der Waals surface area (Å²) in [5.74, 6) is 0.315. The quantitative estimate of drug-likeness (QED) is 0.880. The largest absolute Gasteiger partial charge is 0.350 e. The molecule has 0 unspecified atom stereocenters. The van der Waals surface area contributed by atoms with Gasteiger partial charge in [0.25, 0.3) is 5.91 Å². The highest BCUT2D eigenvalue weighted by atomic mass is 35.5. The van der Waals surface area contributed by atoms with Crippen molar-refractivity contribution in [1.82, 2.24) is 25.6 Å². The van der Waals surface area contributed by atoms with Gasteiger partial charge in [0.05, 0.1) is 11.7 Å². The zero-order valence-electron chi connectivity index (χ0n) is 12.3. The summed E-state index contributed by atoms with van der Waals surface area (Å²) in [7, 11) is 0. The normalized spacial score (nSPS) is 16.0. The number of carbonyl (C=O) groups is 1. The number of nitrogens with one attached hydrogen (secondary N) is 2. The number of aromatic nitrogens is 3. The first-order chi connectivity index (χ1) is 9.09. The van der Waals surface area contributed by atoms with E-state index < -0.39 is 0 Å². The monoisotopic (exact) mass is 301 g/mol. The van der Waals surface area contributed by atoms with Crippen molar-refractivity contribution >= 4 is 18.3 Å². The summed E-state index contributed by atoms with van der Waals surface area (Å²) < 4.78 is 1.91. The minimum Gasteiger partial charge on any atom is -0.350 e. The molecular weight excluding hydrogens is 278 g/mol. The minimum absolute atomic E-state index is 0. The Morgan fingerprint density at radius 1 is 1.45 bits per heavy atom. The third-order valence-corrected chi connectivity index (χ3v) is 3.47. The second-order valence-corrected chi connectivity index (χ2v) is 5.55. The summed E-state index contributed by atoms with van der Waals surface area (Å²) in [5, 5.41) is 14.4. The van der Waals surface area contributed by atoms with Crippen LogP contribution in [0.15, 0.2) is 0 Å². The van der Waals surface area contributed by atoms with Gasteiger partial charge in [0.1, 0.15) is 0 Å². The Bertz CT molecular complexity index is 440. The SMILES string of the molecule is Cc1c(C(=O)NCC(C)C)nnn1C1CCNCC1.Cl. The van der Waals surface area contributed by atoms with Crippen LogP contribution in [0.2, 0.25) is 0 Å². The molecule has 2 N–H and O–H groups in total. The van der Waals surface area contributed by atoms with Crippen LogP contribution in [0.5, 0.6) is 0 Å². The van der Waals surface area contributed by atoms with Gasteiger partial charge in [0.2, 0.25) is 0 Å². The van der Waals surface area contributed by atoms with Gasteiger partial charge in [-0.3, -0.25) is 4.79 Å². The van der Waals surface area contributed by atoms with E-state index in [0.717, 1.165) is 31.6 Å². The lowest BCUT2D eigenvalue weighted by atomic mass is 10.1. The van der Waals surface area contributed by atoms with E-state index >= 15 is 0 Å². The predicted octanol–water partition coefficient (Wildman–Crippen LogP) is 1.32. The summed E-state index contributed by atoms with van der Waals surface area (Å²) in [6.07, 6.45) is 2.08. The molecule has 1 amide bonds. The molecule has 0 aromatic carbocycles. The number of amides is 1. The maximum Gasteiger partial charge on any atom is 0.273 e. The number of nitrogens with zero attached hydrogens (tertiary/aromatic N) is 3. The molecule has 0 bridgehead atoms. The van der Waals surface area contributed by atoms with Crippen LogP contribution in [0.3, 0.4) is 0 Å². The highest BCUT2D eigenvalue weighted by Gasteiger charge is 2.22. The molecule has 0 aliphatic carbocycles. The van der Waals surface area contributed by atoms with E-state index in [0.29, 0.717) is 24.2 Å². The van der Waals surface area contributed by atoms with Gasteiger partial charge in [-0.2, -0.15) is 0 Å². The molecule has 1 aliphatic heterocycles. The van der Waals surface area contributed by atoms with Gasteiger partial charge in [0.15, 0.2) is 5.69 Å². The number of carbonyl (C=O) groups excluding carboxylic acids is 1. The van der Waals surface area contributed by atoms with Gasteiger partial charge in [0, 0.05) is 6.54 Å². The smallest absolute Gasteiger partial charge is 0.273 e. The Kier molecular flexibility index (Phi) is 6.42. The van der Waals surface area contributed by atoms with Crippen LogP contribution in [0.4, 0.5) is 0 Å². The van der Waals surface area contributed by atoms with E-state index in [1.165, 1.54) is 0 Å². The van der Waals surface area contributed by atoms with E-state index in [4.69, 9.17) is 0 Å². The van der Waals surface area contributed by atoms with Crippen molar-refractivity contribution in [2.24, 2.45) is 5.92 Å². The molecule has 1 aromatic rings. The minimum atomic E-state index is -0.119. The highest BCUT2D eigenvalue weighted by molar-refractivity contribution is 5.93. The van der Waals surface area contributed by atoms with Crippen molar-refractivity contribution in [1.29, 1.82) is 0 Å². The lowest BCUT2D eigenvalue weighted by molar-refractivity contribution is 0.0943. The Hall–Kier alpha value is -1.14. The highest BCUT2D eigenvalue weighted by Crippen LogP contribution is 2.20. The maximum absolute atomic E-state index is 12.0. The first-order valence-corrected chi connectivity index (χ1v) is 7.00. The molecule has 2 heterocycles. The summed E-state index contributed by atoms with van der Waals surface area (Å²) in [5.41, 5.74) is 1.33. The molecule has 114 valence electrons. The molecule has 1 fully saturated rings. The lowest BCUT2D eigenvalue weighted by Gasteiger charge is -2.23. The molecule has 2 rings (SSSR count). The number of hydrogen-bond acceptors (Lipinski definition) is 4. The van der Waals surface area contributed by atoms with Crippen molar-refractivity contribution in [3.63, 3.8) is 0 Å². The number of halogens is 1. The molecule has 1 aromatic heterocycles. The first kappa shape index (κ1) is 16.9. The summed E-state index contributed by atoms with van der Waals surface area (Å²) in [6, 6.07) is 0.361. The van der Waals surface area contributed by atoms with Crippen LogP contribution in [0.1, 0.15) is 48.9 Å². The third kappa shape index (κ3) is 3.93. The van der Waals surface area contributed by atoms with Crippen molar-refractivity contribution in [3.8, 4) is 0 Å². The average molecular weight is 302 g/mol. The number of piperidine rings is 1. The number of rotatable bonds is 4. The van der Waals surface area contributed by atoms with Crippen molar-refractivity contribution < 1.29 is 4.79 Å². The van der Waals surface area contributed by atoms with Gasteiger partial charge in [-0.1, -0.05) is 19.1 Å². The van der Waals surface area contributed by atoms with E-state index in [9.17, 15) is 4.79 Å². The molecule has 0 spiro atoms. The fourth-order valence-corrected chi connectivity index (χ4v) is 2.33. The van der Waals surface area contributed by atoms with E-state index in [2.05, 4.69) is 34.8 Å². The van der Waals surface area contributed by atoms with Crippen molar-refractivity contribution in [2.75, 3.05) is 19.6 Å². The van der Waals surface area contributed by atoms with Gasteiger partial charge in [-0.25, -0.2) is 4.68 Å². The zero-order chi connectivity index (χ0) is 13.8. The van der Waals surface area contributed by atoms with Gasteiger partial charge in [-0.05, 0) is 38.8 Å². The third-order valence-electron chi connectivity index (χ3n) is 3.47. The predicted molar refractivity (Wildman–Crippen MR) is 80.3 cm³/mol. The topological polar surface area (TPSA) is 71.8 Å². The summed E-state index contributed by atoms with van der Waals surface area (Å²) in [6.45, 7) is 8.72. The second-order valence-electron chi connectivity index (χ2n) is 5.55. The summed E-state index contributed by atoms with van der Waals surface area (Å²) in [4.78, 5) is 12.0. The van der Waals surface area contributed by atoms with Gasteiger partial charge < -0.3 is 10.6 Å². The van der Waals surface area contributed by atoms with Crippen molar-refractivity contribution in [2.45, 2.75) is 39.7 Å². The molecule has 1 aliphatic rings. The number of hydrogen-bond donors (Lipinski definition) is 2. The van der Waals surface area contributed by atoms with Crippen LogP contribution in [0.25, 0.3) is 0 Å². The molecule has 0 saturated carbocycles. The zero-order valence-corrected chi connectivity index (χ0v) is 13.2. The standard InChI is InChI=1S/C13H23N5O.ClH/c1-9(2)8-15-13(19)12-10(3)18(17-16-12)11-4-6-14-7-5-11;/h9,11,14H,4-8H2,1-3H3,(H,15,19);1H. The average Bonchev–Trinajstić information content (AvgIpc) is 2.79. The summed E-state index contributed by atoms with van der Waals surface area (Å²) >= 11 is 0. The van der Waals surface area contributed by atoms with Crippen LogP contribution >= 0.6 is 12.4 Å². The van der Waals surface area contributed by atoms with E-state index in [-0.39, 0.29) is 18.3 Å².